The van der Waals surface area contributed by atoms with Crippen molar-refractivity contribution in [2.24, 2.45) is 0 Å². The summed E-state index contributed by atoms with van der Waals surface area (Å²) in [5.41, 5.74) is 0.533. The maximum atomic E-state index is 12.7. The van der Waals surface area contributed by atoms with Crippen LogP contribution in [0, 0.1) is 6.92 Å². The molecular formula is C16H24N6OS. The van der Waals surface area contributed by atoms with Gasteiger partial charge in [-0.1, -0.05) is 0 Å². The summed E-state index contributed by atoms with van der Waals surface area (Å²) in [4.78, 5) is 21.0. The second kappa shape index (κ2) is 6.98. The zero-order valence-electron chi connectivity index (χ0n) is 14.7. The highest BCUT2D eigenvalue weighted by Gasteiger charge is 2.25. The summed E-state index contributed by atoms with van der Waals surface area (Å²) in [5.74, 6) is 1.82. The van der Waals surface area contributed by atoms with Crippen LogP contribution >= 0.6 is 11.3 Å². The van der Waals surface area contributed by atoms with Crippen molar-refractivity contribution in [2.45, 2.75) is 52.9 Å². The normalized spacial score (nSPS) is 15.0. The van der Waals surface area contributed by atoms with E-state index in [2.05, 4.69) is 45.5 Å². The lowest BCUT2D eigenvalue weighted by Gasteiger charge is -2.20. The number of thiazole rings is 1. The highest BCUT2D eigenvalue weighted by molar-refractivity contribution is 7.09. The Labute approximate surface area is 146 Å². The Bertz CT molecular complexity index is 722. The highest BCUT2D eigenvalue weighted by Crippen LogP contribution is 2.17. The number of aromatic nitrogens is 4. The Hall–Kier alpha value is -1.80. The molecule has 130 valence electrons. The molecule has 0 aliphatic carbocycles. The molecule has 0 bridgehead atoms. The summed E-state index contributed by atoms with van der Waals surface area (Å²) in [7, 11) is 2.09. The first kappa shape index (κ1) is 17.0. The first-order valence-electron chi connectivity index (χ1n) is 8.28. The minimum Gasteiger partial charge on any atom is -0.330 e. The number of fused-ring (bicyclic) bond motifs is 1. The van der Waals surface area contributed by atoms with Crippen LogP contribution < -0.4 is 0 Å². The number of nitrogens with zero attached hydrogens (tertiary/aromatic N) is 6. The molecule has 0 unspecified atom stereocenters. The van der Waals surface area contributed by atoms with Crippen molar-refractivity contribution in [1.82, 2.24) is 29.5 Å². The minimum atomic E-state index is -0.0170. The lowest BCUT2D eigenvalue weighted by Crippen LogP contribution is -2.31. The third-order valence-corrected chi connectivity index (χ3v) is 5.22. The molecule has 3 rings (SSSR count). The van der Waals surface area contributed by atoms with E-state index in [-0.39, 0.29) is 5.91 Å². The van der Waals surface area contributed by atoms with Crippen molar-refractivity contribution in [3.63, 3.8) is 0 Å². The Morgan fingerprint density at radius 1 is 1.38 bits per heavy atom. The second-order valence-corrected chi connectivity index (χ2v) is 7.59. The SMILES string of the molecule is Cc1nc(C(=O)N2CCCn3c(nnc3CN(C)C(C)C)C2)cs1. The molecule has 2 aromatic rings. The molecule has 2 aromatic heterocycles. The number of amides is 1. The monoisotopic (exact) mass is 348 g/mol. The van der Waals surface area contributed by atoms with E-state index >= 15 is 0 Å². The summed E-state index contributed by atoms with van der Waals surface area (Å²) < 4.78 is 2.17. The van der Waals surface area contributed by atoms with Crippen molar-refractivity contribution in [1.29, 1.82) is 0 Å². The molecule has 0 N–H and O–H groups in total. The molecule has 0 saturated heterocycles. The predicted octanol–water partition coefficient (Wildman–Crippen LogP) is 1.93. The first-order chi connectivity index (χ1) is 11.5. The molecule has 3 heterocycles. The number of carbonyl (C=O) groups is 1. The van der Waals surface area contributed by atoms with Gasteiger partial charge in [0.2, 0.25) is 0 Å². The second-order valence-electron chi connectivity index (χ2n) is 6.52. The molecule has 7 nitrogen and oxygen atoms in total. The number of hydrogen-bond donors (Lipinski definition) is 0. The average molecular weight is 348 g/mol. The average Bonchev–Trinajstić information content (AvgIpc) is 3.06. The predicted molar refractivity (Wildman–Crippen MR) is 92.8 cm³/mol. The van der Waals surface area contributed by atoms with Gasteiger partial charge in [-0.3, -0.25) is 9.69 Å². The Morgan fingerprint density at radius 3 is 2.83 bits per heavy atom. The zero-order chi connectivity index (χ0) is 17.3. The smallest absolute Gasteiger partial charge is 0.273 e. The summed E-state index contributed by atoms with van der Waals surface area (Å²) in [5, 5.41) is 11.4. The summed E-state index contributed by atoms with van der Waals surface area (Å²) in [6, 6.07) is 0.453. The number of rotatable bonds is 4. The quantitative estimate of drug-likeness (QED) is 0.844. The van der Waals surface area contributed by atoms with Crippen molar-refractivity contribution in [3.8, 4) is 0 Å². The molecule has 1 amide bonds. The fraction of sp³-hybridized carbons (Fsp3) is 0.625. The van der Waals surface area contributed by atoms with Gasteiger partial charge >= 0.3 is 0 Å². The van der Waals surface area contributed by atoms with Crippen LogP contribution in [0.3, 0.4) is 0 Å². The van der Waals surface area contributed by atoms with Crippen molar-refractivity contribution < 1.29 is 4.79 Å². The van der Waals surface area contributed by atoms with E-state index in [0.29, 0.717) is 18.3 Å². The highest BCUT2D eigenvalue weighted by atomic mass is 32.1. The molecule has 0 saturated carbocycles. The summed E-state index contributed by atoms with van der Waals surface area (Å²) >= 11 is 1.50. The van der Waals surface area contributed by atoms with Crippen molar-refractivity contribution in [2.75, 3.05) is 13.6 Å². The fourth-order valence-corrected chi connectivity index (χ4v) is 3.32. The van der Waals surface area contributed by atoms with E-state index in [1.54, 1.807) is 0 Å². The van der Waals surface area contributed by atoms with Gasteiger partial charge in [-0.15, -0.1) is 21.5 Å². The van der Waals surface area contributed by atoms with Crippen LogP contribution in [0.4, 0.5) is 0 Å². The van der Waals surface area contributed by atoms with Crippen molar-refractivity contribution >= 4 is 17.2 Å². The molecule has 24 heavy (non-hydrogen) atoms. The van der Waals surface area contributed by atoms with Gasteiger partial charge in [0.15, 0.2) is 5.82 Å². The lowest BCUT2D eigenvalue weighted by atomic mass is 10.3. The lowest BCUT2D eigenvalue weighted by molar-refractivity contribution is 0.0738. The molecule has 0 fully saturated rings. The summed E-state index contributed by atoms with van der Waals surface area (Å²) in [6.07, 6.45) is 0.901. The van der Waals surface area contributed by atoms with E-state index in [1.165, 1.54) is 11.3 Å². The maximum absolute atomic E-state index is 12.7. The standard InChI is InChI=1S/C16H24N6OS/c1-11(2)20(4)8-14-18-19-15-9-21(6-5-7-22(14)15)16(23)13-10-24-12(3)17-13/h10-11H,5-9H2,1-4H3. The van der Waals surface area contributed by atoms with Crippen LogP contribution in [0.1, 0.15) is 47.4 Å². The Morgan fingerprint density at radius 2 is 2.17 bits per heavy atom. The van der Waals surface area contributed by atoms with Gasteiger partial charge in [0.05, 0.1) is 18.1 Å². The van der Waals surface area contributed by atoms with E-state index in [1.807, 2.05) is 17.2 Å². The van der Waals surface area contributed by atoms with Gasteiger partial charge in [0.25, 0.3) is 5.91 Å². The van der Waals surface area contributed by atoms with Crippen LogP contribution in [0.5, 0.6) is 0 Å². The van der Waals surface area contributed by atoms with Crippen LogP contribution in [0.2, 0.25) is 0 Å². The molecule has 1 aliphatic rings. The molecule has 0 atom stereocenters. The van der Waals surface area contributed by atoms with Gasteiger partial charge in [0.1, 0.15) is 11.5 Å². The van der Waals surface area contributed by atoms with Crippen LogP contribution in [0.15, 0.2) is 5.38 Å². The molecule has 0 spiro atoms. The first-order valence-corrected chi connectivity index (χ1v) is 9.16. The van der Waals surface area contributed by atoms with Crippen LogP contribution in [-0.2, 0) is 19.6 Å². The number of hydrogen-bond acceptors (Lipinski definition) is 6. The van der Waals surface area contributed by atoms with Crippen LogP contribution in [0.25, 0.3) is 0 Å². The van der Waals surface area contributed by atoms with Gasteiger partial charge < -0.3 is 9.47 Å². The Kier molecular flexibility index (Phi) is 4.96. The van der Waals surface area contributed by atoms with E-state index in [9.17, 15) is 4.79 Å². The molecule has 0 aromatic carbocycles. The molecule has 1 aliphatic heterocycles. The number of carbonyl (C=O) groups excluding carboxylic acids is 1. The zero-order valence-corrected chi connectivity index (χ0v) is 15.5. The Balaban J connectivity index is 1.77. The molecular weight excluding hydrogens is 324 g/mol. The van der Waals surface area contributed by atoms with Gasteiger partial charge in [-0.2, -0.15) is 0 Å². The van der Waals surface area contributed by atoms with Gasteiger partial charge in [-0.25, -0.2) is 4.98 Å². The van der Waals surface area contributed by atoms with Gasteiger partial charge in [0, 0.05) is 24.5 Å². The third kappa shape index (κ3) is 3.49. The minimum absolute atomic E-state index is 0.0170. The number of aryl methyl sites for hydroxylation is 1. The van der Waals surface area contributed by atoms with E-state index < -0.39 is 0 Å². The summed E-state index contributed by atoms with van der Waals surface area (Å²) in [6.45, 7) is 9.07. The topological polar surface area (TPSA) is 67.2 Å². The van der Waals surface area contributed by atoms with Gasteiger partial charge in [-0.05, 0) is 34.2 Å². The fourth-order valence-electron chi connectivity index (χ4n) is 2.74. The van der Waals surface area contributed by atoms with E-state index in [4.69, 9.17) is 0 Å². The van der Waals surface area contributed by atoms with Crippen LogP contribution in [-0.4, -0.2) is 55.1 Å². The molecule has 0 radical (unpaired) electrons. The van der Waals surface area contributed by atoms with E-state index in [0.717, 1.165) is 42.7 Å². The largest absolute Gasteiger partial charge is 0.330 e. The van der Waals surface area contributed by atoms with Crippen molar-refractivity contribution in [3.05, 3.63) is 27.7 Å². The maximum Gasteiger partial charge on any atom is 0.273 e. The third-order valence-electron chi connectivity index (χ3n) is 4.44. The molecule has 8 heteroatoms.